The zero-order valence-electron chi connectivity index (χ0n) is 38.6. The number of hydrogen-bond donors (Lipinski definition) is 0. The van der Waals surface area contributed by atoms with Crippen LogP contribution in [0.1, 0.15) is 112 Å². The van der Waals surface area contributed by atoms with E-state index >= 15 is 0 Å². The van der Waals surface area contributed by atoms with E-state index in [2.05, 4.69) is 213 Å². The Balaban J connectivity index is 1.38. The molecule has 0 saturated heterocycles. The van der Waals surface area contributed by atoms with Crippen LogP contribution in [0.3, 0.4) is 0 Å². The van der Waals surface area contributed by atoms with Crippen molar-refractivity contribution >= 4 is 34.1 Å². The van der Waals surface area contributed by atoms with Crippen molar-refractivity contribution in [2.75, 3.05) is 9.80 Å². The summed E-state index contributed by atoms with van der Waals surface area (Å²) in [5.74, 6) is 0. The Morgan fingerprint density at radius 1 is 0.393 bits per heavy atom. The summed E-state index contributed by atoms with van der Waals surface area (Å²) in [6.45, 7) is 24.9. The summed E-state index contributed by atoms with van der Waals surface area (Å²) in [6, 6.07) is 49.3. The molecule has 0 radical (unpaired) electrons. The van der Waals surface area contributed by atoms with Crippen LogP contribution in [-0.2, 0) is 11.8 Å². The molecule has 0 N–H and O–H groups in total. The van der Waals surface area contributed by atoms with Crippen LogP contribution < -0.4 is 9.80 Å². The second-order valence-corrected chi connectivity index (χ2v) is 18.4. The summed E-state index contributed by atoms with van der Waals surface area (Å²) >= 11 is 0. The normalized spacial score (nSPS) is 12.6. The maximum absolute atomic E-state index is 2.54. The van der Waals surface area contributed by atoms with Gasteiger partial charge in [-0.05, 0) is 186 Å². The van der Waals surface area contributed by atoms with E-state index in [9.17, 15) is 0 Å². The largest absolute Gasteiger partial charge is 0.310 e. The Kier molecular flexibility index (Phi) is 11.6. The van der Waals surface area contributed by atoms with Gasteiger partial charge in [-0.15, -0.1) is 0 Å². The molecule has 0 atom stereocenters. The second-order valence-electron chi connectivity index (χ2n) is 18.4. The molecule has 0 amide bonds. The predicted octanol–water partition coefficient (Wildman–Crippen LogP) is 16.9. The molecule has 7 aromatic rings. The molecule has 7 aromatic carbocycles. The Bertz CT molecular complexity index is 2530. The molecule has 2 nitrogen and oxygen atoms in total. The molecule has 0 aromatic heterocycles. The average Bonchev–Trinajstić information content (AvgIpc) is 3.47. The van der Waals surface area contributed by atoms with Crippen LogP contribution in [0.5, 0.6) is 0 Å². The fourth-order valence-electron chi connectivity index (χ4n) is 10.4. The molecule has 1 aliphatic carbocycles. The van der Waals surface area contributed by atoms with Gasteiger partial charge in [0.1, 0.15) is 0 Å². The van der Waals surface area contributed by atoms with Gasteiger partial charge in [-0.25, -0.2) is 0 Å². The van der Waals surface area contributed by atoms with E-state index in [0.29, 0.717) is 0 Å². The lowest BCUT2D eigenvalue weighted by atomic mass is 9.73. The Hall–Kier alpha value is -5.86. The first-order chi connectivity index (χ1) is 29.3. The van der Waals surface area contributed by atoms with Crippen molar-refractivity contribution in [3.63, 3.8) is 0 Å². The fraction of sp³-hybridized carbons (Fsp3) is 0.288. The lowest BCUT2D eigenvalue weighted by Gasteiger charge is -2.33. The first kappa shape index (κ1) is 41.9. The maximum atomic E-state index is 2.54. The van der Waals surface area contributed by atoms with Gasteiger partial charge in [0.05, 0.1) is 11.4 Å². The molecule has 0 saturated carbocycles. The zero-order chi connectivity index (χ0) is 43.2. The second kappa shape index (κ2) is 16.9. The molecular formula is C59H64N2. The molecule has 0 spiro atoms. The molecule has 2 heteroatoms. The highest BCUT2D eigenvalue weighted by atomic mass is 15.2. The molecule has 1 aliphatic rings. The zero-order valence-corrected chi connectivity index (χ0v) is 38.6. The van der Waals surface area contributed by atoms with Crippen LogP contribution in [0.2, 0.25) is 0 Å². The van der Waals surface area contributed by atoms with Gasteiger partial charge in [-0.1, -0.05) is 133 Å². The van der Waals surface area contributed by atoms with Gasteiger partial charge >= 0.3 is 0 Å². The van der Waals surface area contributed by atoms with Crippen LogP contribution in [0.15, 0.2) is 127 Å². The molecule has 0 unspecified atom stereocenters. The molecule has 8 rings (SSSR count). The van der Waals surface area contributed by atoms with Crippen molar-refractivity contribution in [2.24, 2.45) is 0 Å². The fourth-order valence-corrected chi connectivity index (χ4v) is 10.4. The third-order valence-corrected chi connectivity index (χ3v) is 13.2. The minimum absolute atomic E-state index is 0.423. The van der Waals surface area contributed by atoms with Gasteiger partial charge in [-0.3, -0.25) is 0 Å². The Labute approximate surface area is 366 Å². The summed E-state index contributed by atoms with van der Waals surface area (Å²) in [4.78, 5) is 4.99. The number of unbranched alkanes of at least 4 members (excludes halogenated alkanes) is 3. The molecule has 61 heavy (non-hydrogen) atoms. The topological polar surface area (TPSA) is 6.48 Å². The highest BCUT2D eigenvalue weighted by Gasteiger charge is 2.42. The minimum Gasteiger partial charge on any atom is -0.310 e. The standard InChI is InChI=1S/C59H64N2/c1-12-13-14-15-16-47-33-42(6)34-48(35-47)59(11)55-36-51(60(49-21-17-38(2)18-22-49)57-43(7)29-40(4)30-44(57)8)25-27-53(55)54-28-26-52(37-56(54)59)61(50-23-19-39(3)20-24-50)58-45(9)31-41(5)32-46(58)10/h17-37H,12-16H2,1-11H3. The first-order valence-corrected chi connectivity index (χ1v) is 22.6. The van der Waals surface area contributed by atoms with Gasteiger partial charge in [0.25, 0.3) is 0 Å². The molecular weight excluding hydrogens is 737 g/mol. The van der Waals surface area contributed by atoms with Crippen LogP contribution in [-0.4, -0.2) is 0 Å². The van der Waals surface area contributed by atoms with Gasteiger partial charge in [-0.2, -0.15) is 0 Å². The van der Waals surface area contributed by atoms with E-state index in [-0.39, 0.29) is 0 Å². The lowest BCUT2D eigenvalue weighted by molar-refractivity contribution is 0.663. The third-order valence-electron chi connectivity index (χ3n) is 13.2. The number of rotatable bonds is 12. The van der Waals surface area contributed by atoms with Gasteiger partial charge < -0.3 is 9.80 Å². The highest BCUT2D eigenvalue weighted by molar-refractivity contribution is 5.91. The van der Waals surface area contributed by atoms with Crippen molar-refractivity contribution in [3.8, 4) is 11.1 Å². The van der Waals surface area contributed by atoms with Gasteiger partial charge in [0.15, 0.2) is 0 Å². The molecule has 0 bridgehead atoms. The van der Waals surface area contributed by atoms with Crippen molar-refractivity contribution in [1.29, 1.82) is 0 Å². The quantitative estimate of drug-likeness (QED) is 0.114. The third kappa shape index (κ3) is 7.94. The monoisotopic (exact) mass is 801 g/mol. The van der Waals surface area contributed by atoms with Crippen LogP contribution in [0.25, 0.3) is 11.1 Å². The number of benzene rings is 7. The minimum atomic E-state index is -0.423. The number of hydrogen-bond acceptors (Lipinski definition) is 2. The summed E-state index contributed by atoms with van der Waals surface area (Å²) in [7, 11) is 0. The van der Waals surface area contributed by atoms with Crippen LogP contribution in [0.4, 0.5) is 34.1 Å². The summed E-state index contributed by atoms with van der Waals surface area (Å²) in [5.41, 5.74) is 26.4. The summed E-state index contributed by atoms with van der Waals surface area (Å²) in [5, 5.41) is 0. The highest BCUT2D eigenvalue weighted by Crippen LogP contribution is 2.56. The van der Waals surface area contributed by atoms with Crippen molar-refractivity contribution in [2.45, 2.75) is 114 Å². The molecule has 0 aliphatic heterocycles. The average molecular weight is 801 g/mol. The van der Waals surface area contributed by atoms with Crippen LogP contribution in [0, 0.1) is 62.3 Å². The van der Waals surface area contributed by atoms with Gasteiger partial charge in [0, 0.05) is 28.2 Å². The first-order valence-electron chi connectivity index (χ1n) is 22.6. The Morgan fingerprint density at radius 2 is 0.803 bits per heavy atom. The molecule has 310 valence electrons. The summed E-state index contributed by atoms with van der Waals surface area (Å²) in [6.07, 6.45) is 6.13. The van der Waals surface area contributed by atoms with Gasteiger partial charge in [0.2, 0.25) is 0 Å². The number of nitrogens with zero attached hydrogens (tertiary/aromatic N) is 2. The lowest BCUT2D eigenvalue weighted by Crippen LogP contribution is -2.24. The maximum Gasteiger partial charge on any atom is 0.0520 e. The molecule has 0 heterocycles. The van der Waals surface area contributed by atoms with E-state index in [1.54, 1.807) is 0 Å². The summed E-state index contributed by atoms with van der Waals surface area (Å²) < 4.78 is 0. The van der Waals surface area contributed by atoms with E-state index in [1.807, 2.05) is 0 Å². The Morgan fingerprint density at radius 3 is 1.23 bits per heavy atom. The van der Waals surface area contributed by atoms with Crippen molar-refractivity contribution < 1.29 is 0 Å². The predicted molar refractivity (Wildman–Crippen MR) is 264 cm³/mol. The van der Waals surface area contributed by atoms with E-state index in [0.717, 1.165) is 6.42 Å². The van der Waals surface area contributed by atoms with E-state index in [1.165, 1.54) is 143 Å². The SMILES string of the molecule is CCCCCCc1cc(C)cc(C2(C)c3cc(N(c4ccc(C)cc4)c4c(C)cc(C)cc4C)ccc3-c3ccc(N(c4ccc(C)cc4)c4c(C)cc(C)cc4C)cc32)c1. The van der Waals surface area contributed by atoms with E-state index in [4.69, 9.17) is 0 Å². The number of anilines is 6. The smallest absolute Gasteiger partial charge is 0.0520 e. The molecule has 0 fully saturated rings. The van der Waals surface area contributed by atoms with Crippen molar-refractivity contribution in [3.05, 3.63) is 200 Å². The number of aryl methyl sites for hydroxylation is 10. The van der Waals surface area contributed by atoms with E-state index < -0.39 is 5.41 Å². The number of fused-ring (bicyclic) bond motifs is 3. The van der Waals surface area contributed by atoms with Crippen molar-refractivity contribution in [1.82, 2.24) is 0 Å². The van der Waals surface area contributed by atoms with Crippen LogP contribution >= 0.6 is 0 Å².